The Balaban J connectivity index is 1.97. The predicted molar refractivity (Wildman–Crippen MR) is 79.6 cm³/mol. The maximum Gasteiger partial charge on any atom is 0.124 e. The summed E-state index contributed by atoms with van der Waals surface area (Å²) in [6, 6.07) is 8.51. The number of nitrogens with zero attached hydrogens (tertiary/aromatic N) is 1. The quantitative estimate of drug-likeness (QED) is 0.814. The van der Waals surface area contributed by atoms with Gasteiger partial charge in [0.1, 0.15) is 5.82 Å². The van der Waals surface area contributed by atoms with E-state index >= 15 is 0 Å². The summed E-state index contributed by atoms with van der Waals surface area (Å²) < 4.78 is 1.07. The van der Waals surface area contributed by atoms with Crippen LogP contribution in [0.25, 0.3) is 11.3 Å². The standard InChI is InChI=1S/C14H17BrN4/c15-10-5-3-9(4-6-10)13-12(8-16)18-14(19-13)11-2-1-7-17-11/h3-6,11,17H,1-2,7-8,16H2,(H,18,19)/t11-/m0/s1. The molecule has 1 aliphatic heterocycles. The van der Waals surface area contributed by atoms with Crippen LogP contribution in [0.2, 0.25) is 0 Å². The molecule has 19 heavy (non-hydrogen) atoms. The van der Waals surface area contributed by atoms with Crippen LogP contribution in [0.5, 0.6) is 0 Å². The van der Waals surface area contributed by atoms with Crippen LogP contribution < -0.4 is 11.1 Å². The molecule has 1 aromatic heterocycles. The van der Waals surface area contributed by atoms with Gasteiger partial charge in [-0.25, -0.2) is 4.98 Å². The highest BCUT2D eigenvalue weighted by molar-refractivity contribution is 9.10. The van der Waals surface area contributed by atoms with Gasteiger partial charge < -0.3 is 16.0 Å². The van der Waals surface area contributed by atoms with Gasteiger partial charge in [0.05, 0.1) is 17.4 Å². The zero-order valence-corrected chi connectivity index (χ0v) is 12.2. The number of hydrogen-bond donors (Lipinski definition) is 3. The van der Waals surface area contributed by atoms with E-state index in [0.29, 0.717) is 12.6 Å². The van der Waals surface area contributed by atoms with Crippen LogP contribution in [0.15, 0.2) is 28.7 Å². The first-order valence-corrected chi connectivity index (χ1v) is 7.35. The summed E-state index contributed by atoms with van der Waals surface area (Å²) in [6.07, 6.45) is 2.34. The van der Waals surface area contributed by atoms with Crippen molar-refractivity contribution < 1.29 is 0 Å². The predicted octanol–water partition coefficient (Wildman–Crippen LogP) is 2.72. The highest BCUT2D eigenvalue weighted by atomic mass is 79.9. The average molecular weight is 321 g/mol. The molecule has 0 aliphatic carbocycles. The fourth-order valence-corrected chi connectivity index (χ4v) is 2.77. The van der Waals surface area contributed by atoms with Crippen LogP contribution >= 0.6 is 15.9 Å². The Hall–Kier alpha value is -1.17. The molecule has 0 saturated carbocycles. The lowest BCUT2D eigenvalue weighted by molar-refractivity contribution is 0.611. The van der Waals surface area contributed by atoms with E-state index in [0.717, 1.165) is 40.2 Å². The molecule has 4 N–H and O–H groups in total. The van der Waals surface area contributed by atoms with Gasteiger partial charge in [-0.3, -0.25) is 0 Å². The van der Waals surface area contributed by atoms with Gasteiger partial charge in [-0.05, 0) is 31.5 Å². The van der Waals surface area contributed by atoms with Crippen molar-refractivity contribution in [2.45, 2.75) is 25.4 Å². The first-order valence-electron chi connectivity index (χ1n) is 6.56. The molecule has 2 heterocycles. The van der Waals surface area contributed by atoms with Crippen LogP contribution in [-0.4, -0.2) is 16.5 Å². The number of aromatic nitrogens is 2. The van der Waals surface area contributed by atoms with Crippen LogP contribution in [0.1, 0.15) is 30.4 Å². The Morgan fingerprint density at radius 2 is 2.11 bits per heavy atom. The molecule has 2 aromatic rings. The number of benzene rings is 1. The third kappa shape index (κ3) is 2.59. The Morgan fingerprint density at radius 1 is 1.32 bits per heavy atom. The van der Waals surface area contributed by atoms with Crippen molar-refractivity contribution in [3.8, 4) is 11.3 Å². The van der Waals surface area contributed by atoms with Crippen molar-refractivity contribution in [3.63, 3.8) is 0 Å². The third-order valence-corrected chi connectivity index (χ3v) is 4.04. The summed E-state index contributed by atoms with van der Waals surface area (Å²) in [5.74, 6) is 1.01. The normalized spacial score (nSPS) is 18.9. The maximum absolute atomic E-state index is 5.83. The number of nitrogens with two attached hydrogens (primary N) is 1. The summed E-state index contributed by atoms with van der Waals surface area (Å²) >= 11 is 3.45. The minimum Gasteiger partial charge on any atom is -0.343 e. The first-order chi connectivity index (χ1) is 9.28. The third-order valence-electron chi connectivity index (χ3n) is 3.51. The lowest BCUT2D eigenvalue weighted by atomic mass is 10.1. The maximum atomic E-state index is 5.83. The minimum atomic E-state index is 0.342. The lowest BCUT2D eigenvalue weighted by Gasteiger charge is -2.04. The number of aromatic amines is 1. The van der Waals surface area contributed by atoms with Crippen LogP contribution in [0, 0.1) is 0 Å². The molecule has 4 nitrogen and oxygen atoms in total. The van der Waals surface area contributed by atoms with Gasteiger partial charge >= 0.3 is 0 Å². The van der Waals surface area contributed by atoms with Crippen molar-refractivity contribution in [1.82, 2.24) is 15.3 Å². The summed E-state index contributed by atoms with van der Waals surface area (Å²) in [5.41, 5.74) is 8.91. The molecular formula is C14H17BrN4. The zero-order chi connectivity index (χ0) is 13.2. The number of H-pyrrole nitrogens is 1. The fourth-order valence-electron chi connectivity index (χ4n) is 2.51. The van der Waals surface area contributed by atoms with E-state index in [2.05, 4.69) is 38.4 Å². The summed E-state index contributed by atoms with van der Waals surface area (Å²) in [6.45, 7) is 1.54. The number of halogens is 1. The van der Waals surface area contributed by atoms with E-state index in [1.165, 1.54) is 6.42 Å². The zero-order valence-electron chi connectivity index (χ0n) is 10.6. The molecule has 1 saturated heterocycles. The summed E-state index contributed by atoms with van der Waals surface area (Å²) in [5, 5.41) is 3.46. The van der Waals surface area contributed by atoms with Gasteiger partial charge in [0.2, 0.25) is 0 Å². The van der Waals surface area contributed by atoms with E-state index < -0.39 is 0 Å². The van der Waals surface area contributed by atoms with Crippen molar-refractivity contribution >= 4 is 15.9 Å². The molecule has 0 bridgehead atoms. The molecule has 100 valence electrons. The largest absolute Gasteiger partial charge is 0.343 e. The van der Waals surface area contributed by atoms with Crippen LogP contribution in [0.3, 0.4) is 0 Å². The molecule has 0 unspecified atom stereocenters. The average Bonchev–Trinajstić information content (AvgIpc) is 3.08. The van der Waals surface area contributed by atoms with Crippen LogP contribution in [0.4, 0.5) is 0 Å². The fraction of sp³-hybridized carbons (Fsp3) is 0.357. The van der Waals surface area contributed by atoms with Gasteiger partial charge in [0.25, 0.3) is 0 Å². The van der Waals surface area contributed by atoms with E-state index in [9.17, 15) is 0 Å². The Kier molecular flexibility index (Phi) is 3.68. The van der Waals surface area contributed by atoms with E-state index in [-0.39, 0.29) is 0 Å². The SMILES string of the molecule is NCc1[nH]c([C@@H]2CCCN2)nc1-c1ccc(Br)cc1. The summed E-state index contributed by atoms with van der Waals surface area (Å²) in [4.78, 5) is 8.13. The smallest absolute Gasteiger partial charge is 0.124 e. The van der Waals surface area contributed by atoms with Gasteiger partial charge in [-0.1, -0.05) is 28.1 Å². The number of hydrogen-bond acceptors (Lipinski definition) is 3. The van der Waals surface area contributed by atoms with E-state index in [1.54, 1.807) is 0 Å². The van der Waals surface area contributed by atoms with Gasteiger partial charge in [-0.2, -0.15) is 0 Å². The highest BCUT2D eigenvalue weighted by Crippen LogP contribution is 2.27. The van der Waals surface area contributed by atoms with Gasteiger partial charge in [0, 0.05) is 16.6 Å². The van der Waals surface area contributed by atoms with Crippen molar-refractivity contribution in [3.05, 3.63) is 40.3 Å². The van der Waals surface area contributed by atoms with Gasteiger partial charge in [-0.15, -0.1) is 0 Å². The van der Waals surface area contributed by atoms with Crippen molar-refractivity contribution in [2.75, 3.05) is 6.54 Å². The Bertz CT molecular complexity index is 555. The topological polar surface area (TPSA) is 66.7 Å². The van der Waals surface area contributed by atoms with Crippen molar-refractivity contribution in [2.24, 2.45) is 5.73 Å². The van der Waals surface area contributed by atoms with Crippen molar-refractivity contribution in [1.29, 1.82) is 0 Å². The molecular weight excluding hydrogens is 304 g/mol. The number of imidazole rings is 1. The van der Waals surface area contributed by atoms with Gasteiger partial charge in [0.15, 0.2) is 0 Å². The molecule has 3 rings (SSSR count). The first kappa shape index (κ1) is 12.8. The monoisotopic (exact) mass is 320 g/mol. The molecule has 1 aromatic carbocycles. The number of rotatable bonds is 3. The molecule has 1 fully saturated rings. The number of nitrogens with one attached hydrogen (secondary N) is 2. The Labute approximate surface area is 120 Å². The molecule has 1 aliphatic rings. The Morgan fingerprint density at radius 3 is 2.74 bits per heavy atom. The van der Waals surface area contributed by atoms with Crippen LogP contribution in [-0.2, 0) is 6.54 Å². The molecule has 5 heteroatoms. The van der Waals surface area contributed by atoms with E-state index in [4.69, 9.17) is 10.7 Å². The lowest BCUT2D eigenvalue weighted by Crippen LogP contribution is -2.14. The highest BCUT2D eigenvalue weighted by Gasteiger charge is 2.21. The second-order valence-corrected chi connectivity index (χ2v) is 5.72. The molecule has 1 atom stereocenters. The summed E-state index contributed by atoms with van der Waals surface area (Å²) in [7, 11) is 0. The minimum absolute atomic E-state index is 0.342. The molecule has 0 radical (unpaired) electrons. The molecule has 0 spiro atoms. The second-order valence-electron chi connectivity index (χ2n) is 4.81. The molecule has 0 amide bonds. The van der Waals surface area contributed by atoms with E-state index in [1.807, 2.05) is 12.1 Å². The second kappa shape index (κ2) is 5.45.